The summed E-state index contributed by atoms with van der Waals surface area (Å²) in [5, 5.41) is 0.859. The van der Waals surface area contributed by atoms with Crippen LogP contribution in [0.1, 0.15) is 29.0 Å². The molecular weight excluding hydrogens is 418 g/mol. The fourth-order valence-corrected chi connectivity index (χ4v) is 5.60. The van der Waals surface area contributed by atoms with Crippen molar-refractivity contribution in [3.63, 3.8) is 0 Å². The summed E-state index contributed by atoms with van der Waals surface area (Å²) < 4.78 is 0. The third-order valence-electron chi connectivity index (χ3n) is 6.25. The third kappa shape index (κ3) is 4.84. The Morgan fingerprint density at radius 2 is 1.75 bits per heavy atom. The van der Waals surface area contributed by atoms with Gasteiger partial charge in [0, 0.05) is 37.3 Å². The Labute approximate surface area is 193 Å². The lowest BCUT2D eigenvalue weighted by molar-refractivity contribution is -0.120. The SMILES string of the molecule is O=C(CN1CCN(c2ccccn2)CC1)N(Cc1ccccc1)c1nc2c(s1)CCCC2. The van der Waals surface area contributed by atoms with E-state index in [-0.39, 0.29) is 5.91 Å². The van der Waals surface area contributed by atoms with Crippen molar-refractivity contribution in [1.82, 2.24) is 14.9 Å². The van der Waals surface area contributed by atoms with Gasteiger partial charge >= 0.3 is 0 Å². The predicted octanol–water partition coefficient (Wildman–Crippen LogP) is 3.77. The van der Waals surface area contributed by atoms with Crippen LogP contribution in [-0.4, -0.2) is 53.5 Å². The fraction of sp³-hybridized carbons (Fsp3) is 0.400. The lowest BCUT2D eigenvalue weighted by Crippen LogP contribution is -2.50. The van der Waals surface area contributed by atoms with E-state index in [1.54, 1.807) is 11.3 Å². The van der Waals surface area contributed by atoms with Gasteiger partial charge in [0.1, 0.15) is 5.82 Å². The quantitative estimate of drug-likeness (QED) is 0.576. The number of hydrogen-bond donors (Lipinski definition) is 0. The van der Waals surface area contributed by atoms with E-state index in [1.807, 2.05) is 47.5 Å². The number of fused-ring (bicyclic) bond motifs is 1. The molecule has 0 saturated carbocycles. The molecule has 3 heterocycles. The van der Waals surface area contributed by atoms with E-state index in [9.17, 15) is 4.79 Å². The Morgan fingerprint density at radius 1 is 0.969 bits per heavy atom. The average Bonchev–Trinajstić information content (AvgIpc) is 3.28. The van der Waals surface area contributed by atoms with E-state index < -0.39 is 0 Å². The minimum absolute atomic E-state index is 0.131. The Kier molecular flexibility index (Phi) is 6.46. The van der Waals surface area contributed by atoms with Crippen molar-refractivity contribution >= 4 is 28.2 Å². The molecule has 1 aromatic carbocycles. The first-order chi connectivity index (χ1) is 15.8. The van der Waals surface area contributed by atoms with Crippen molar-refractivity contribution in [1.29, 1.82) is 0 Å². The first-order valence-corrected chi connectivity index (χ1v) is 12.3. The van der Waals surface area contributed by atoms with Crippen LogP contribution in [-0.2, 0) is 24.2 Å². The highest BCUT2D eigenvalue weighted by Crippen LogP contribution is 2.32. The van der Waals surface area contributed by atoms with Crippen molar-refractivity contribution in [3.8, 4) is 0 Å². The largest absolute Gasteiger partial charge is 0.354 e. The summed E-state index contributed by atoms with van der Waals surface area (Å²) in [4.78, 5) is 30.7. The van der Waals surface area contributed by atoms with Crippen LogP contribution >= 0.6 is 11.3 Å². The molecule has 0 N–H and O–H groups in total. The van der Waals surface area contributed by atoms with Gasteiger partial charge in [0.15, 0.2) is 5.13 Å². The van der Waals surface area contributed by atoms with E-state index >= 15 is 0 Å². The summed E-state index contributed by atoms with van der Waals surface area (Å²) in [5.74, 6) is 1.14. The van der Waals surface area contributed by atoms with Gasteiger partial charge in [-0.1, -0.05) is 36.4 Å². The zero-order valence-corrected chi connectivity index (χ0v) is 19.1. The number of aryl methyl sites for hydroxylation is 2. The second-order valence-corrected chi connectivity index (χ2v) is 9.55. The molecule has 32 heavy (non-hydrogen) atoms. The number of thiazole rings is 1. The van der Waals surface area contributed by atoms with Gasteiger partial charge in [-0.3, -0.25) is 14.6 Å². The van der Waals surface area contributed by atoms with Gasteiger partial charge in [-0.05, 0) is 43.4 Å². The standard InChI is InChI=1S/C25H29N5OS/c31-24(19-28-14-16-29(17-15-28)23-12-6-7-13-26-23)30(18-20-8-2-1-3-9-20)25-27-21-10-4-5-11-22(21)32-25/h1-3,6-9,12-13H,4-5,10-11,14-19H2. The van der Waals surface area contributed by atoms with Gasteiger partial charge in [0.2, 0.25) is 5.91 Å². The molecule has 0 bridgehead atoms. The number of carbonyl (C=O) groups is 1. The number of pyridine rings is 1. The van der Waals surface area contributed by atoms with Crippen LogP contribution in [0.5, 0.6) is 0 Å². The van der Waals surface area contributed by atoms with Crippen LogP contribution in [0.4, 0.5) is 10.9 Å². The summed E-state index contributed by atoms with van der Waals surface area (Å²) in [7, 11) is 0. The molecule has 1 aliphatic heterocycles. The van der Waals surface area contributed by atoms with Gasteiger partial charge in [-0.2, -0.15) is 0 Å². The highest BCUT2D eigenvalue weighted by molar-refractivity contribution is 7.15. The lowest BCUT2D eigenvalue weighted by atomic mass is 10.0. The van der Waals surface area contributed by atoms with Crippen molar-refractivity contribution in [2.75, 3.05) is 42.5 Å². The smallest absolute Gasteiger partial charge is 0.243 e. The van der Waals surface area contributed by atoms with E-state index in [0.717, 1.165) is 55.5 Å². The van der Waals surface area contributed by atoms with Crippen molar-refractivity contribution < 1.29 is 4.79 Å². The number of aromatic nitrogens is 2. The Bertz CT molecular complexity index is 1010. The van der Waals surface area contributed by atoms with Gasteiger partial charge in [0.25, 0.3) is 0 Å². The molecule has 0 atom stereocenters. The zero-order valence-electron chi connectivity index (χ0n) is 18.3. The minimum Gasteiger partial charge on any atom is -0.354 e. The molecule has 6 nitrogen and oxygen atoms in total. The Morgan fingerprint density at radius 3 is 2.50 bits per heavy atom. The van der Waals surface area contributed by atoms with Gasteiger partial charge in [0.05, 0.1) is 18.8 Å². The van der Waals surface area contributed by atoms with Crippen LogP contribution in [0, 0.1) is 0 Å². The summed E-state index contributed by atoms with van der Waals surface area (Å²) in [6.45, 7) is 4.47. The monoisotopic (exact) mass is 447 g/mol. The lowest BCUT2D eigenvalue weighted by Gasteiger charge is -2.35. The number of rotatable bonds is 6. The van der Waals surface area contributed by atoms with Crippen LogP contribution in [0.2, 0.25) is 0 Å². The number of piperazine rings is 1. The molecule has 166 valence electrons. The molecular formula is C25H29N5OS. The summed E-state index contributed by atoms with van der Waals surface area (Å²) in [5.41, 5.74) is 2.33. The molecule has 2 aliphatic rings. The number of anilines is 2. The minimum atomic E-state index is 0.131. The molecule has 1 saturated heterocycles. The molecule has 2 aromatic heterocycles. The third-order valence-corrected chi connectivity index (χ3v) is 7.43. The predicted molar refractivity (Wildman–Crippen MR) is 129 cm³/mol. The summed E-state index contributed by atoms with van der Waals surface area (Å²) in [6.07, 6.45) is 6.38. The highest BCUT2D eigenvalue weighted by atomic mass is 32.1. The molecule has 1 aliphatic carbocycles. The van der Waals surface area contributed by atoms with E-state index in [0.29, 0.717) is 13.1 Å². The molecule has 0 radical (unpaired) electrons. The maximum Gasteiger partial charge on any atom is 0.243 e. The second kappa shape index (κ2) is 9.79. The number of nitrogens with zero attached hydrogens (tertiary/aromatic N) is 5. The molecule has 1 amide bonds. The van der Waals surface area contributed by atoms with Gasteiger partial charge in [-0.25, -0.2) is 9.97 Å². The summed E-state index contributed by atoms with van der Waals surface area (Å²) >= 11 is 1.71. The van der Waals surface area contributed by atoms with Crippen molar-refractivity contribution in [2.24, 2.45) is 0 Å². The Hall–Kier alpha value is -2.77. The molecule has 5 rings (SSSR count). The Balaban J connectivity index is 1.28. The normalized spacial score (nSPS) is 16.6. The van der Waals surface area contributed by atoms with Crippen molar-refractivity contribution in [3.05, 3.63) is 70.9 Å². The molecule has 0 spiro atoms. The topological polar surface area (TPSA) is 52.6 Å². The average molecular weight is 448 g/mol. The maximum atomic E-state index is 13.5. The van der Waals surface area contributed by atoms with Crippen LogP contribution in [0.3, 0.4) is 0 Å². The molecule has 7 heteroatoms. The van der Waals surface area contributed by atoms with Crippen LogP contribution < -0.4 is 9.80 Å². The van der Waals surface area contributed by atoms with E-state index in [1.165, 1.54) is 23.4 Å². The molecule has 3 aromatic rings. The van der Waals surface area contributed by atoms with Crippen molar-refractivity contribution in [2.45, 2.75) is 32.2 Å². The van der Waals surface area contributed by atoms with Crippen LogP contribution in [0.15, 0.2) is 54.7 Å². The number of carbonyl (C=O) groups excluding carboxylic acids is 1. The highest BCUT2D eigenvalue weighted by Gasteiger charge is 2.26. The molecule has 0 unspecified atom stereocenters. The summed E-state index contributed by atoms with van der Waals surface area (Å²) in [6, 6.07) is 16.2. The maximum absolute atomic E-state index is 13.5. The number of hydrogen-bond acceptors (Lipinski definition) is 6. The van der Waals surface area contributed by atoms with E-state index in [4.69, 9.17) is 4.98 Å². The van der Waals surface area contributed by atoms with Crippen LogP contribution in [0.25, 0.3) is 0 Å². The first-order valence-electron chi connectivity index (χ1n) is 11.5. The zero-order chi connectivity index (χ0) is 21.8. The van der Waals surface area contributed by atoms with Gasteiger partial charge in [-0.15, -0.1) is 11.3 Å². The molecule has 1 fully saturated rings. The number of amides is 1. The van der Waals surface area contributed by atoms with E-state index in [2.05, 4.69) is 26.9 Å². The number of benzene rings is 1. The first kappa shape index (κ1) is 21.1. The second-order valence-electron chi connectivity index (χ2n) is 8.49. The fourth-order valence-electron chi connectivity index (χ4n) is 4.43. The van der Waals surface area contributed by atoms with Gasteiger partial charge < -0.3 is 4.90 Å².